The minimum absolute atomic E-state index is 0.196. The zero-order chi connectivity index (χ0) is 46.0. The summed E-state index contributed by atoms with van der Waals surface area (Å²) in [4.78, 5) is 63.6. The number of piperazine rings is 1. The molecule has 17 nitrogen and oxygen atoms in total. The molecule has 4 aliphatic heterocycles. The zero-order valence-corrected chi connectivity index (χ0v) is 38.9. The summed E-state index contributed by atoms with van der Waals surface area (Å²) in [5.41, 5.74) is 6.70. The van der Waals surface area contributed by atoms with Crippen LogP contribution in [0.1, 0.15) is 54.1 Å². The SMILES string of the molecule is CCc1cc(Nc2ncc(-c3cnc[nH]3)c(Nc3ccccc3P(C)(C)=O)n2)c(OC)cc1N1CCC(N2CCN(CCOc3cccc4c3CN(C3CCC(=O)NC3=O)C4=O)CC2)CC1. The summed E-state index contributed by atoms with van der Waals surface area (Å²) in [5.74, 6) is 1.38. The van der Waals surface area contributed by atoms with Crippen molar-refractivity contribution in [3.63, 3.8) is 0 Å². The van der Waals surface area contributed by atoms with Crippen LogP contribution in [0.25, 0.3) is 11.3 Å². The number of carbonyl (C=O) groups excluding carboxylic acids is 3. The van der Waals surface area contributed by atoms with Crippen LogP contribution >= 0.6 is 7.14 Å². The number of benzene rings is 3. The van der Waals surface area contributed by atoms with Crippen molar-refractivity contribution in [3.8, 4) is 22.8 Å². The molecule has 6 heterocycles. The summed E-state index contributed by atoms with van der Waals surface area (Å²) in [6.07, 6.45) is 8.61. The second kappa shape index (κ2) is 19.3. The van der Waals surface area contributed by atoms with Gasteiger partial charge >= 0.3 is 0 Å². The molecule has 0 bridgehead atoms. The second-order valence-electron chi connectivity index (χ2n) is 17.7. The van der Waals surface area contributed by atoms with E-state index in [1.807, 2.05) is 36.4 Å². The normalized spacial score (nSPS) is 18.6. The van der Waals surface area contributed by atoms with E-state index in [1.54, 1.807) is 50.1 Å². The predicted molar refractivity (Wildman–Crippen MR) is 255 cm³/mol. The first-order valence-electron chi connectivity index (χ1n) is 22.8. The zero-order valence-electron chi connectivity index (χ0n) is 38.0. The lowest BCUT2D eigenvalue weighted by atomic mass is 9.99. The molecule has 0 aliphatic carbocycles. The Morgan fingerprint density at radius 2 is 1.68 bits per heavy atom. The second-order valence-corrected chi connectivity index (χ2v) is 20.9. The number of piperidine rings is 2. The van der Waals surface area contributed by atoms with Gasteiger partial charge in [0.2, 0.25) is 17.8 Å². The molecule has 4 aliphatic rings. The molecule has 346 valence electrons. The fourth-order valence-corrected chi connectivity index (χ4v) is 10.8. The molecule has 5 aromatic rings. The Labute approximate surface area is 385 Å². The fraction of sp³-hybridized carbons (Fsp3) is 0.417. The van der Waals surface area contributed by atoms with Crippen LogP contribution in [0.3, 0.4) is 0 Å². The third-order valence-corrected chi connectivity index (χ3v) is 14.8. The molecule has 18 heteroatoms. The number of ether oxygens (including phenoxy) is 2. The third-order valence-electron chi connectivity index (χ3n) is 13.3. The predicted octanol–water partition coefficient (Wildman–Crippen LogP) is 5.60. The van der Waals surface area contributed by atoms with Crippen LogP contribution in [0.4, 0.5) is 28.8 Å². The van der Waals surface area contributed by atoms with Crippen LogP contribution in [-0.2, 0) is 27.1 Å². The Balaban J connectivity index is 0.791. The van der Waals surface area contributed by atoms with Gasteiger partial charge in [0.25, 0.3) is 5.91 Å². The number of carbonyl (C=O) groups is 3. The number of amides is 3. The number of imide groups is 1. The Morgan fingerprint density at radius 1 is 0.879 bits per heavy atom. The molecule has 3 amide bonds. The first-order valence-corrected chi connectivity index (χ1v) is 25.4. The number of nitrogens with zero attached hydrogens (tertiary/aromatic N) is 7. The number of fused-ring (bicyclic) bond motifs is 1. The van der Waals surface area contributed by atoms with Gasteiger partial charge in [-0.2, -0.15) is 4.98 Å². The molecule has 3 saturated heterocycles. The van der Waals surface area contributed by atoms with Gasteiger partial charge < -0.3 is 39.5 Å². The largest absolute Gasteiger partial charge is 0.494 e. The molecule has 4 N–H and O–H groups in total. The number of hydrogen-bond donors (Lipinski definition) is 4. The van der Waals surface area contributed by atoms with Crippen molar-refractivity contribution in [2.24, 2.45) is 0 Å². The van der Waals surface area contributed by atoms with E-state index < -0.39 is 19.1 Å². The molecular formula is C48H58N11O6P. The van der Waals surface area contributed by atoms with E-state index in [0.717, 1.165) is 98.6 Å². The first-order chi connectivity index (χ1) is 32.0. The number of methoxy groups -OCH3 is 1. The van der Waals surface area contributed by atoms with Crippen molar-refractivity contribution < 1.29 is 28.4 Å². The highest BCUT2D eigenvalue weighted by molar-refractivity contribution is 7.70. The number of hydrogen-bond acceptors (Lipinski definition) is 14. The van der Waals surface area contributed by atoms with Gasteiger partial charge in [-0.1, -0.05) is 25.1 Å². The van der Waals surface area contributed by atoms with E-state index in [0.29, 0.717) is 54.4 Å². The van der Waals surface area contributed by atoms with Crippen molar-refractivity contribution in [1.29, 1.82) is 0 Å². The number of anilines is 5. The van der Waals surface area contributed by atoms with Gasteiger partial charge in [-0.3, -0.25) is 29.5 Å². The number of imidazole rings is 1. The average Bonchev–Trinajstić information content (AvgIpc) is 3.98. The Hall–Kier alpha value is -6.29. The van der Waals surface area contributed by atoms with Gasteiger partial charge in [0.15, 0.2) is 0 Å². The summed E-state index contributed by atoms with van der Waals surface area (Å²) in [7, 11) is -0.913. The number of rotatable bonds is 15. The van der Waals surface area contributed by atoms with Crippen LogP contribution in [0.15, 0.2) is 73.3 Å². The lowest BCUT2D eigenvalue weighted by molar-refractivity contribution is -0.136. The smallest absolute Gasteiger partial charge is 0.255 e. The first kappa shape index (κ1) is 44.9. The lowest BCUT2D eigenvalue weighted by Gasteiger charge is -2.43. The lowest BCUT2D eigenvalue weighted by Crippen LogP contribution is -2.53. The summed E-state index contributed by atoms with van der Waals surface area (Å²) in [6, 6.07) is 17.2. The highest BCUT2D eigenvalue weighted by atomic mass is 31.2. The number of aromatic nitrogens is 4. The van der Waals surface area contributed by atoms with Crippen molar-refractivity contribution in [2.75, 3.05) is 88.4 Å². The minimum atomic E-state index is -2.60. The summed E-state index contributed by atoms with van der Waals surface area (Å²) in [5, 5.41) is 9.98. The maximum atomic E-state index is 13.3. The van der Waals surface area contributed by atoms with E-state index in [-0.39, 0.29) is 18.2 Å². The van der Waals surface area contributed by atoms with E-state index in [2.05, 4.69) is 59.7 Å². The summed E-state index contributed by atoms with van der Waals surface area (Å²) in [6.45, 7) is 13.1. The van der Waals surface area contributed by atoms with Crippen molar-refractivity contribution in [1.82, 2.24) is 40.0 Å². The number of aryl methyl sites for hydroxylation is 1. The van der Waals surface area contributed by atoms with Crippen molar-refractivity contribution in [3.05, 3.63) is 90.0 Å². The standard InChI is InChI=1S/C48H58N11O6P/c1-5-31-25-37(53-48-50-27-34(38-28-49-30-51-38)45(55-48)52-36-10-6-7-12-43(36)66(3,4)63)42(64-2)26-40(31)58-17-15-32(16-18-58)57-21-19-56(20-22-57)23-24-65-41-11-8-9-33-35(41)29-59(47(33)62)39-13-14-44(60)54-46(39)61/h6-12,25-28,30,32,39H,5,13-24,29H2,1-4H3,(H,49,51)(H,54,60,61)(H2,50,52,53,55). The molecule has 2 aromatic heterocycles. The Kier molecular flexibility index (Phi) is 13.1. The topological polar surface area (TPSA) is 190 Å². The third kappa shape index (κ3) is 9.51. The number of para-hydroxylation sites is 1. The molecule has 0 saturated carbocycles. The molecule has 3 aromatic carbocycles. The van der Waals surface area contributed by atoms with E-state index in [4.69, 9.17) is 19.4 Å². The van der Waals surface area contributed by atoms with Crippen LogP contribution in [0.5, 0.6) is 11.5 Å². The number of nitrogens with one attached hydrogen (secondary N) is 4. The van der Waals surface area contributed by atoms with Gasteiger partial charge in [-0.25, -0.2) is 9.97 Å². The van der Waals surface area contributed by atoms with E-state index in [9.17, 15) is 18.9 Å². The molecule has 0 radical (unpaired) electrons. The van der Waals surface area contributed by atoms with E-state index in [1.165, 1.54) is 11.3 Å². The summed E-state index contributed by atoms with van der Waals surface area (Å²) < 4.78 is 25.5. The number of aromatic amines is 1. The average molecular weight is 916 g/mol. The summed E-state index contributed by atoms with van der Waals surface area (Å²) >= 11 is 0. The molecular weight excluding hydrogens is 858 g/mol. The Bertz CT molecular complexity index is 2640. The molecule has 9 rings (SSSR count). The molecule has 3 fully saturated rings. The van der Waals surface area contributed by atoms with Crippen LogP contribution in [-0.4, -0.2) is 137 Å². The number of H-pyrrole nitrogens is 1. The Morgan fingerprint density at radius 3 is 2.41 bits per heavy atom. The highest BCUT2D eigenvalue weighted by Crippen LogP contribution is 2.41. The van der Waals surface area contributed by atoms with E-state index >= 15 is 0 Å². The molecule has 0 spiro atoms. The van der Waals surface area contributed by atoms with Crippen LogP contribution in [0.2, 0.25) is 0 Å². The molecule has 66 heavy (non-hydrogen) atoms. The van der Waals surface area contributed by atoms with Gasteiger partial charge in [0.05, 0.1) is 48.8 Å². The van der Waals surface area contributed by atoms with Crippen molar-refractivity contribution >= 4 is 59.0 Å². The fourth-order valence-electron chi connectivity index (χ4n) is 9.69. The van der Waals surface area contributed by atoms with Crippen LogP contribution < -0.4 is 35.6 Å². The van der Waals surface area contributed by atoms with Gasteiger partial charge in [0.1, 0.15) is 37.1 Å². The minimum Gasteiger partial charge on any atom is -0.494 e. The maximum absolute atomic E-state index is 13.3. The maximum Gasteiger partial charge on any atom is 0.255 e. The molecule has 1 unspecified atom stereocenters. The highest BCUT2D eigenvalue weighted by Gasteiger charge is 2.40. The quantitative estimate of drug-likeness (QED) is 0.0750. The van der Waals surface area contributed by atoms with Crippen LogP contribution in [0, 0.1) is 0 Å². The molecule has 1 atom stereocenters. The van der Waals surface area contributed by atoms with Crippen molar-refractivity contribution in [2.45, 2.75) is 57.7 Å². The monoisotopic (exact) mass is 915 g/mol. The van der Waals surface area contributed by atoms with Gasteiger partial charge in [-0.05, 0) is 74.9 Å². The van der Waals surface area contributed by atoms with Gasteiger partial charge in [-0.15, -0.1) is 0 Å². The van der Waals surface area contributed by atoms with Gasteiger partial charge in [0, 0.05) is 92.7 Å².